The van der Waals surface area contributed by atoms with Crippen LogP contribution in [0.1, 0.15) is 146 Å². The van der Waals surface area contributed by atoms with Gasteiger partial charge in [-0.1, -0.05) is 101 Å². The molecule has 2 saturated heterocycles. The van der Waals surface area contributed by atoms with Crippen LogP contribution < -0.4 is 10.6 Å². The summed E-state index contributed by atoms with van der Waals surface area (Å²) in [5.74, 6) is -1.37. The number of nitrogens with zero attached hydrogens (tertiary/aromatic N) is 4. The quantitative estimate of drug-likeness (QED) is 0.0463. The Bertz CT molecular complexity index is 2420. The third kappa shape index (κ3) is 10.7. The number of unbranched alkanes of at least 4 members (excludes halogenated alkanes) is 10. The Labute approximate surface area is 394 Å². The van der Waals surface area contributed by atoms with E-state index in [1.54, 1.807) is 16.7 Å². The minimum absolute atomic E-state index is 0.0142. The van der Waals surface area contributed by atoms with Crippen LogP contribution in [0.4, 0.5) is 5.69 Å². The second-order valence-corrected chi connectivity index (χ2v) is 18.7. The Kier molecular flexibility index (Phi) is 15.7. The van der Waals surface area contributed by atoms with Crippen molar-refractivity contribution in [3.8, 4) is 0 Å². The number of nitrogens with one attached hydrogen (secondary N) is 3. The van der Waals surface area contributed by atoms with Crippen LogP contribution in [-0.2, 0) is 36.9 Å². The van der Waals surface area contributed by atoms with Crippen molar-refractivity contribution in [1.82, 2.24) is 29.9 Å². The first-order valence-corrected chi connectivity index (χ1v) is 24.8. The highest BCUT2D eigenvalue weighted by atomic mass is 16.5. The van der Waals surface area contributed by atoms with Crippen LogP contribution in [0.5, 0.6) is 0 Å². The van der Waals surface area contributed by atoms with Crippen molar-refractivity contribution < 1.29 is 33.5 Å². The van der Waals surface area contributed by atoms with Crippen LogP contribution in [0.25, 0.3) is 10.9 Å². The van der Waals surface area contributed by atoms with Gasteiger partial charge in [-0.15, -0.1) is 0 Å². The lowest BCUT2D eigenvalue weighted by Crippen LogP contribution is -2.52. The van der Waals surface area contributed by atoms with E-state index in [0.717, 1.165) is 78.0 Å². The zero-order chi connectivity index (χ0) is 46.9. The van der Waals surface area contributed by atoms with E-state index in [1.165, 1.54) is 64.9 Å². The molecule has 5 amide bonds. The number of H-pyrrole nitrogens is 1. The maximum absolute atomic E-state index is 13.7. The van der Waals surface area contributed by atoms with Crippen LogP contribution in [0, 0.1) is 0 Å². The Balaban J connectivity index is 0.687. The summed E-state index contributed by atoms with van der Waals surface area (Å²) in [7, 11) is 1.36. The third-order valence-corrected chi connectivity index (χ3v) is 14.4. The zero-order valence-corrected chi connectivity index (χ0v) is 39.3. The fraction of sp³-hybridized carbons (Fsp3) is 0.509. The molecule has 67 heavy (non-hydrogen) atoms. The number of fused-ring (bicyclic) bond motifs is 4. The summed E-state index contributed by atoms with van der Waals surface area (Å²) in [6, 6.07) is 19.4. The van der Waals surface area contributed by atoms with Crippen molar-refractivity contribution in [2.45, 2.75) is 128 Å². The van der Waals surface area contributed by atoms with Crippen molar-refractivity contribution >= 4 is 52.1 Å². The Morgan fingerprint density at radius 2 is 1.46 bits per heavy atom. The number of amides is 5. The third-order valence-electron chi connectivity index (χ3n) is 14.4. The molecule has 4 aliphatic heterocycles. The molecule has 8 rings (SSSR count). The van der Waals surface area contributed by atoms with E-state index in [-0.39, 0.29) is 42.4 Å². The highest BCUT2D eigenvalue weighted by molar-refractivity contribution is 6.06. The molecule has 2 fully saturated rings. The molecule has 3 aromatic carbocycles. The number of hydrogen-bond donors (Lipinski definition) is 3. The van der Waals surface area contributed by atoms with E-state index < -0.39 is 24.1 Å². The number of carbonyl (C=O) groups is 6. The minimum atomic E-state index is -0.758. The number of hydrogen-bond acceptors (Lipinski definition) is 9. The van der Waals surface area contributed by atoms with E-state index in [2.05, 4.69) is 20.5 Å². The zero-order valence-electron chi connectivity index (χ0n) is 39.3. The lowest BCUT2D eigenvalue weighted by Gasteiger charge is -2.41. The number of aromatic amines is 1. The van der Waals surface area contributed by atoms with Crippen LogP contribution in [-0.4, -0.2) is 119 Å². The molecule has 1 aromatic heterocycles. The van der Waals surface area contributed by atoms with Gasteiger partial charge < -0.3 is 29.7 Å². The molecule has 0 bridgehead atoms. The number of anilines is 1. The number of methoxy groups -OCH3 is 1. The number of ether oxygens (including phenoxy) is 1. The number of piperazine rings is 1. The molecule has 5 heterocycles. The lowest BCUT2D eigenvalue weighted by molar-refractivity contribution is -0.155. The highest BCUT2D eigenvalue weighted by Crippen LogP contribution is 2.42. The largest absolute Gasteiger partial charge is 0.467 e. The number of rotatable bonds is 20. The molecule has 3 atom stereocenters. The molecule has 3 N–H and O–H groups in total. The van der Waals surface area contributed by atoms with Crippen molar-refractivity contribution in [1.29, 1.82) is 0 Å². The molecule has 0 radical (unpaired) electrons. The SMILES string of the molecule is CCC(=O)N1C(C(=O)OC)Cc2c([nH]c3ccccc23)[C@@H]1c1ccc(C(=O)N2CCN(CCCCCCCCCCCCCNc3cccc4c3CN(C3CCC(=O)NC3=O)C4=O)CC2)cc1. The Hall–Kier alpha value is -6.02. The average molecular weight is 914 g/mol. The van der Waals surface area contributed by atoms with Gasteiger partial charge in [0.05, 0.1) is 13.2 Å². The maximum atomic E-state index is 13.7. The number of piperidine rings is 1. The van der Waals surface area contributed by atoms with Gasteiger partial charge in [0.25, 0.3) is 11.8 Å². The van der Waals surface area contributed by atoms with E-state index in [0.29, 0.717) is 43.6 Å². The fourth-order valence-electron chi connectivity index (χ4n) is 10.6. The molecule has 0 saturated carbocycles. The van der Waals surface area contributed by atoms with E-state index in [4.69, 9.17) is 4.74 Å². The summed E-state index contributed by atoms with van der Waals surface area (Å²) in [6.07, 6.45) is 14.7. The lowest BCUT2D eigenvalue weighted by atomic mass is 9.87. The molecule has 14 nitrogen and oxygen atoms in total. The predicted molar refractivity (Wildman–Crippen MR) is 257 cm³/mol. The highest BCUT2D eigenvalue weighted by Gasteiger charge is 2.44. The molecule has 4 aromatic rings. The van der Waals surface area contributed by atoms with Gasteiger partial charge in [-0.25, -0.2) is 4.79 Å². The van der Waals surface area contributed by atoms with Crippen LogP contribution in [0.3, 0.4) is 0 Å². The topological polar surface area (TPSA) is 164 Å². The normalized spacial score (nSPS) is 19.6. The van der Waals surface area contributed by atoms with Crippen molar-refractivity contribution in [3.05, 3.63) is 100 Å². The van der Waals surface area contributed by atoms with Gasteiger partial charge in [0.2, 0.25) is 17.7 Å². The van der Waals surface area contributed by atoms with Gasteiger partial charge in [0.15, 0.2) is 0 Å². The second-order valence-electron chi connectivity index (χ2n) is 18.7. The van der Waals surface area contributed by atoms with E-state index in [9.17, 15) is 28.8 Å². The molecular formula is C53H67N7O7. The standard InChI is InChI=1S/C53H67N7O7/c1-3-47(62)60-45(53(66)67-2)34-40-38-18-13-14-20-43(38)55-48(40)49(60)36-22-24-37(25-23-36)51(64)58-32-30-57(31-33-58)29-16-12-10-8-6-4-5-7-9-11-15-28-54-42-21-17-19-39-41(42)35-59(52(39)65)44-26-27-46(61)56-50(44)63/h13-14,17-25,44-45,49,54-55H,3-12,15-16,26-35H2,1-2H3,(H,56,61,63)/t44?,45?,49-/m0/s1. The van der Waals surface area contributed by atoms with Gasteiger partial charge in [-0.2, -0.15) is 0 Å². The molecule has 2 unspecified atom stereocenters. The summed E-state index contributed by atoms with van der Waals surface area (Å²) >= 11 is 0. The van der Waals surface area contributed by atoms with E-state index >= 15 is 0 Å². The number of imide groups is 1. The molecule has 0 aliphatic carbocycles. The number of aromatic nitrogens is 1. The number of benzene rings is 3. The summed E-state index contributed by atoms with van der Waals surface area (Å²) in [6.45, 7) is 7.22. The molecule has 356 valence electrons. The van der Waals surface area contributed by atoms with Gasteiger partial charge in [-0.3, -0.25) is 34.2 Å². The number of carbonyl (C=O) groups excluding carboxylic acids is 6. The molecule has 14 heteroatoms. The molecular weight excluding hydrogens is 847 g/mol. The minimum Gasteiger partial charge on any atom is -0.467 e. The summed E-state index contributed by atoms with van der Waals surface area (Å²) in [5, 5.41) is 6.93. The van der Waals surface area contributed by atoms with Gasteiger partial charge in [0, 0.05) is 97.5 Å². The first kappa shape index (κ1) is 47.5. The molecule has 4 aliphatic rings. The number of para-hydroxylation sites is 1. The fourth-order valence-corrected chi connectivity index (χ4v) is 10.6. The second kappa shape index (κ2) is 22.2. The van der Waals surface area contributed by atoms with Gasteiger partial charge >= 0.3 is 5.97 Å². The smallest absolute Gasteiger partial charge is 0.328 e. The summed E-state index contributed by atoms with van der Waals surface area (Å²) in [5.41, 5.74) is 6.83. The Morgan fingerprint density at radius 3 is 2.15 bits per heavy atom. The van der Waals surface area contributed by atoms with Gasteiger partial charge in [0.1, 0.15) is 12.1 Å². The van der Waals surface area contributed by atoms with E-state index in [1.807, 2.05) is 71.6 Å². The summed E-state index contributed by atoms with van der Waals surface area (Å²) < 4.78 is 5.21. The number of esters is 1. The molecule has 0 spiro atoms. The Morgan fingerprint density at radius 1 is 0.776 bits per heavy atom. The van der Waals surface area contributed by atoms with Crippen molar-refractivity contribution in [3.63, 3.8) is 0 Å². The van der Waals surface area contributed by atoms with Crippen molar-refractivity contribution in [2.24, 2.45) is 0 Å². The van der Waals surface area contributed by atoms with Crippen LogP contribution in [0.15, 0.2) is 66.7 Å². The first-order chi connectivity index (χ1) is 32.7. The average Bonchev–Trinajstić information content (AvgIpc) is 3.90. The van der Waals surface area contributed by atoms with Gasteiger partial charge in [-0.05, 0) is 67.3 Å². The first-order valence-electron chi connectivity index (χ1n) is 24.8. The monoisotopic (exact) mass is 914 g/mol. The van der Waals surface area contributed by atoms with Crippen molar-refractivity contribution in [2.75, 3.05) is 51.7 Å². The predicted octanol–water partition coefficient (Wildman–Crippen LogP) is 7.52. The summed E-state index contributed by atoms with van der Waals surface area (Å²) in [4.78, 5) is 88.7. The maximum Gasteiger partial charge on any atom is 0.328 e. The van der Waals surface area contributed by atoms with Crippen LogP contribution >= 0.6 is 0 Å². The van der Waals surface area contributed by atoms with Crippen LogP contribution in [0.2, 0.25) is 0 Å².